The van der Waals surface area contributed by atoms with Gasteiger partial charge >= 0.3 is 5.97 Å². The maximum absolute atomic E-state index is 11.9. The molecule has 5 heteroatoms. The molecular weight excluding hydrogens is 258 g/mol. The molecule has 0 bridgehead atoms. The number of carboxylic acids is 1. The van der Waals surface area contributed by atoms with Gasteiger partial charge < -0.3 is 14.8 Å². The Morgan fingerprint density at radius 1 is 1.20 bits per heavy atom. The zero-order valence-corrected chi connectivity index (χ0v) is 11.1. The second-order valence-electron chi connectivity index (χ2n) is 4.48. The lowest BCUT2D eigenvalue weighted by atomic mass is 10.1. The van der Waals surface area contributed by atoms with Crippen LogP contribution in [0.2, 0.25) is 0 Å². The number of aliphatic carboxylic acids is 1. The molecule has 0 spiro atoms. The van der Waals surface area contributed by atoms with Gasteiger partial charge in [-0.25, -0.2) is 0 Å². The number of furan rings is 1. The van der Waals surface area contributed by atoms with Crippen molar-refractivity contribution in [3.05, 3.63) is 53.5 Å². The average Bonchev–Trinajstić information content (AvgIpc) is 2.84. The number of hydrogen-bond acceptors (Lipinski definition) is 3. The van der Waals surface area contributed by atoms with E-state index in [1.165, 1.54) is 6.26 Å². The zero-order chi connectivity index (χ0) is 14.5. The maximum Gasteiger partial charge on any atom is 0.303 e. The second kappa shape index (κ2) is 6.06. The number of amides is 1. The molecule has 0 aliphatic rings. The van der Waals surface area contributed by atoms with Gasteiger partial charge in [-0.1, -0.05) is 12.1 Å². The smallest absolute Gasteiger partial charge is 0.303 e. The van der Waals surface area contributed by atoms with Gasteiger partial charge in [0.2, 0.25) is 0 Å². The van der Waals surface area contributed by atoms with E-state index in [0.717, 1.165) is 11.1 Å². The highest BCUT2D eigenvalue weighted by atomic mass is 16.4. The minimum atomic E-state index is -0.823. The third-order valence-corrected chi connectivity index (χ3v) is 2.91. The van der Waals surface area contributed by atoms with Crippen LogP contribution in [0.3, 0.4) is 0 Å². The van der Waals surface area contributed by atoms with Crippen LogP contribution in [0.5, 0.6) is 0 Å². The van der Waals surface area contributed by atoms with Gasteiger partial charge in [0.25, 0.3) is 5.91 Å². The standard InChI is InChI=1S/C15H15NO4/c1-10-8-9-20-14(10)15(19)16-12-5-2-11(3-6-12)4-7-13(17)18/h2-3,5-6,8-9H,4,7H2,1H3,(H,16,19)(H,17,18). The number of aryl methyl sites for hydroxylation is 2. The minimum Gasteiger partial charge on any atom is -0.481 e. The van der Waals surface area contributed by atoms with Gasteiger partial charge in [0.15, 0.2) is 5.76 Å². The fourth-order valence-corrected chi connectivity index (χ4v) is 1.80. The number of carbonyl (C=O) groups excluding carboxylic acids is 1. The largest absolute Gasteiger partial charge is 0.481 e. The van der Waals surface area contributed by atoms with Crippen LogP contribution < -0.4 is 5.32 Å². The SMILES string of the molecule is Cc1ccoc1C(=O)Nc1ccc(CCC(=O)O)cc1. The number of rotatable bonds is 5. The summed E-state index contributed by atoms with van der Waals surface area (Å²) in [5, 5.41) is 11.3. The minimum absolute atomic E-state index is 0.0945. The van der Waals surface area contributed by atoms with Gasteiger partial charge in [-0.2, -0.15) is 0 Å². The highest BCUT2D eigenvalue weighted by Crippen LogP contribution is 2.15. The topological polar surface area (TPSA) is 79.5 Å². The van der Waals surface area contributed by atoms with E-state index < -0.39 is 5.97 Å². The van der Waals surface area contributed by atoms with Crippen LogP contribution in [0, 0.1) is 6.92 Å². The molecule has 0 unspecified atom stereocenters. The molecule has 1 amide bonds. The number of carboxylic acid groups (broad SMARTS) is 1. The average molecular weight is 273 g/mol. The lowest BCUT2D eigenvalue weighted by molar-refractivity contribution is -0.136. The van der Waals surface area contributed by atoms with E-state index in [2.05, 4.69) is 5.32 Å². The van der Waals surface area contributed by atoms with Gasteiger partial charge in [-0.05, 0) is 37.1 Å². The molecule has 2 rings (SSSR count). The quantitative estimate of drug-likeness (QED) is 0.877. The van der Waals surface area contributed by atoms with E-state index in [-0.39, 0.29) is 12.3 Å². The summed E-state index contributed by atoms with van der Waals surface area (Å²) in [6.07, 6.45) is 2.04. The van der Waals surface area contributed by atoms with Crippen molar-refractivity contribution < 1.29 is 19.1 Å². The second-order valence-corrected chi connectivity index (χ2v) is 4.48. The van der Waals surface area contributed by atoms with Crippen molar-refractivity contribution in [1.29, 1.82) is 0 Å². The van der Waals surface area contributed by atoms with E-state index in [9.17, 15) is 9.59 Å². The lowest BCUT2D eigenvalue weighted by Gasteiger charge is -2.05. The molecule has 1 aromatic heterocycles. The Hall–Kier alpha value is -2.56. The summed E-state index contributed by atoms with van der Waals surface area (Å²) in [6.45, 7) is 1.80. The van der Waals surface area contributed by atoms with E-state index >= 15 is 0 Å². The molecule has 5 nitrogen and oxygen atoms in total. The van der Waals surface area contributed by atoms with Gasteiger partial charge in [0, 0.05) is 17.7 Å². The molecule has 1 aromatic carbocycles. The summed E-state index contributed by atoms with van der Waals surface area (Å²) in [6, 6.07) is 8.81. The Labute approximate surface area is 116 Å². The first-order valence-electron chi connectivity index (χ1n) is 6.22. The zero-order valence-electron chi connectivity index (χ0n) is 11.1. The molecule has 2 aromatic rings. The summed E-state index contributed by atoms with van der Waals surface area (Å²) >= 11 is 0. The first-order chi connectivity index (χ1) is 9.56. The van der Waals surface area contributed by atoms with Crippen molar-refractivity contribution in [2.45, 2.75) is 19.8 Å². The molecule has 0 saturated heterocycles. The van der Waals surface area contributed by atoms with E-state index in [4.69, 9.17) is 9.52 Å². The van der Waals surface area contributed by atoms with Crippen molar-refractivity contribution >= 4 is 17.6 Å². The summed E-state index contributed by atoms with van der Waals surface area (Å²) in [5.41, 5.74) is 2.34. The van der Waals surface area contributed by atoms with Crippen LogP contribution in [0.4, 0.5) is 5.69 Å². The maximum atomic E-state index is 11.9. The fourth-order valence-electron chi connectivity index (χ4n) is 1.80. The van der Waals surface area contributed by atoms with E-state index in [1.807, 2.05) is 0 Å². The lowest BCUT2D eigenvalue weighted by Crippen LogP contribution is -2.12. The molecule has 0 aliphatic carbocycles. The van der Waals surface area contributed by atoms with Gasteiger partial charge in [0.05, 0.1) is 6.26 Å². The molecular formula is C15H15NO4. The van der Waals surface area contributed by atoms with E-state index in [1.54, 1.807) is 37.3 Å². The van der Waals surface area contributed by atoms with Crippen LogP contribution in [0.25, 0.3) is 0 Å². The third-order valence-electron chi connectivity index (χ3n) is 2.91. The molecule has 1 heterocycles. The van der Waals surface area contributed by atoms with Crippen LogP contribution in [-0.4, -0.2) is 17.0 Å². The fraction of sp³-hybridized carbons (Fsp3) is 0.200. The van der Waals surface area contributed by atoms with Gasteiger partial charge in [-0.3, -0.25) is 9.59 Å². The molecule has 0 saturated carbocycles. The first-order valence-corrected chi connectivity index (χ1v) is 6.22. The van der Waals surface area contributed by atoms with Crippen molar-refractivity contribution in [1.82, 2.24) is 0 Å². The highest BCUT2D eigenvalue weighted by Gasteiger charge is 2.12. The Bertz CT molecular complexity index is 613. The van der Waals surface area contributed by atoms with Gasteiger partial charge in [0.1, 0.15) is 0 Å². The van der Waals surface area contributed by atoms with Crippen molar-refractivity contribution in [2.24, 2.45) is 0 Å². The van der Waals surface area contributed by atoms with Crippen molar-refractivity contribution in [3.8, 4) is 0 Å². The Morgan fingerprint density at radius 2 is 1.90 bits per heavy atom. The van der Waals surface area contributed by atoms with Crippen LogP contribution in [0.1, 0.15) is 28.1 Å². The third kappa shape index (κ3) is 3.47. The number of hydrogen-bond donors (Lipinski definition) is 2. The summed E-state index contributed by atoms with van der Waals surface area (Å²) in [7, 11) is 0. The Kier molecular flexibility index (Phi) is 4.20. The Balaban J connectivity index is 1.99. The predicted octanol–water partition coefficient (Wildman–Crippen LogP) is 2.86. The number of benzene rings is 1. The van der Waals surface area contributed by atoms with Crippen LogP contribution in [-0.2, 0) is 11.2 Å². The molecule has 0 atom stereocenters. The summed E-state index contributed by atoms with van der Waals surface area (Å²) < 4.78 is 5.11. The molecule has 2 N–H and O–H groups in total. The van der Waals surface area contributed by atoms with Gasteiger partial charge in [-0.15, -0.1) is 0 Å². The highest BCUT2D eigenvalue weighted by molar-refractivity contribution is 6.03. The summed E-state index contributed by atoms with van der Waals surface area (Å²) in [5.74, 6) is -0.832. The molecule has 0 fully saturated rings. The normalized spacial score (nSPS) is 10.2. The van der Waals surface area contributed by atoms with Crippen LogP contribution in [0.15, 0.2) is 41.0 Å². The predicted molar refractivity (Wildman–Crippen MR) is 73.8 cm³/mol. The molecule has 104 valence electrons. The number of nitrogens with one attached hydrogen (secondary N) is 1. The van der Waals surface area contributed by atoms with Crippen molar-refractivity contribution in [3.63, 3.8) is 0 Å². The van der Waals surface area contributed by atoms with Crippen LogP contribution >= 0.6 is 0 Å². The van der Waals surface area contributed by atoms with Crippen molar-refractivity contribution in [2.75, 3.05) is 5.32 Å². The molecule has 0 radical (unpaired) electrons. The van der Waals surface area contributed by atoms with E-state index in [0.29, 0.717) is 17.9 Å². The Morgan fingerprint density at radius 3 is 2.45 bits per heavy atom. The first kappa shape index (κ1) is 13.9. The molecule has 20 heavy (non-hydrogen) atoms. The number of carbonyl (C=O) groups is 2. The molecule has 0 aliphatic heterocycles. The summed E-state index contributed by atoms with van der Waals surface area (Å²) in [4.78, 5) is 22.4. The number of anilines is 1. The monoisotopic (exact) mass is 273 g/mol.